The fourth-order valence-electron chi connectivity index (χ4n) is 5.50. The second-order valence-electron chi connectivity index (χ2n) is 8.32. The Morgan fingerprint density at radius 1 is 0.710 bits per heavy atom. The average molecular weight is 420 g/mol. The van der Waals surface area contributed by atoms with Crippen molar-refractivity contribution >= 4 is 27.4 Å². The van der Waals surface area contributed by atoms with E-state index < -0.39 is 0 Å². The largest absolute Gasteiger partial charge is 0.493 e. The SMILES string of the molecule is COc1cc2c3c(c4cc(OC)c(OC)cc4c2cc1OC)C[N+]1(CCCC1=C=N)C3. The molecule has 0 aliphatic carbocycles. The summed E-state index contributed by atoms with van der Waals surface area (Å²) in [4.78, 5) is 0. The summed E-state index contributed by atoms with van der Waals surface area (Å²) in [6, 6.07) is 8.30. The minimum atomic E-state index is 0.703. The second kappa shape index (κ2) is 7.19. The van der Waals surface area contributed by atoms with Crippen molar-refractivity contribution in [2.75, 3.05) is 35.0 Å². The second-order valence-corrected chi connectivity index (χ2v) is 8.32. The number of nitrogens with zero attached hydrogens (tertiary/aromatic N) is 1. The molecule has 160 valence electrons. The van der Waals surface area contributed by atoms with E-state index in [-0.39, 0.29) is 0 Å². The van der Waals surface area contributed by atoms with Gasteiger partial charge in [0.05, 0.1) is 35.0 Å². The molecular formula is C25H27N2O4+. The van der Waals surface area contributed by atoms with Crippen molar-refractivity contribution < 1.29 is 23.4 Å². The van der Waals surface area contributed by atoms with E-state index in [0.717, 1.165) is 64.9 Å². The Bertz CT molecular complexity index is 1190. The van der Waals surface area contributed by atoms with Crippen LogP contribution in [0.1, 0.15) is 24.0 Å². The molecule has 0 unspecified atom stereocenters. The summed E-state index contributed by atoms with van der Waals surface area (Å²) in [6.45, 7) is 2.78. The number of fused-ring (bicyclic) bond motifs is 6. The molecule has 2 aliphatic rings. The fourth-order valence-corrected chi connectivity index (χ4v) is 5.50. The Labute approximate surface area is 181 Å². The predicted molar refractivity (Wildman–Crippen MR) is 121 cm³/mol. The fraction of sp³-hybridized carbons (Fsp3) is 0.360. The molecule has 3 aromatic rings. The molecule has 0 saturated carbocycles. The van der Waals surface area contributed by atoms with Crippen molar-refractivity contribution in [2.45, 2.75) is 25.9 Å². The number of rotatable bonds is 4. The molecule has 6 nitrogen and oxygen atoms in total. The minimum absolute atomic E-state index is 0.703. The Morgan fingerprint density at radius 3 is 1.52 bits per heavy atom. The smallest absolute Gasteiger partial charge is 0.171 e. The topological polar surface area (TPSA) is 60.8 Å². The monoisotopic (exact) mass is 419 g/mol. The van der Waals surface area contributed by atoms with Crippen LogP contribution >= 0.6 is 0 Å². The summed E-state index contributed by atoms with van der Waals surface area (Å²) in [7, 11) is 6.66. The van der Waals surface area contributed by atoms with Gasteiger partial charge in [0.25, 0.3) is 0 Å². The van der Waals surface area contributed by atoms with Crippen LogP contribution in [0.25, 0.3) is 21.5 Å². The molecular weight excluding hydrogens is 392 g/mol. The van der Waals surface area contributed by atoms with Crippen LogP contribution in [0, 0.1) is 5.41 Å². The lowest BCUT2D eigenvalue weighted by Gasteiger charge is -2.28. The van der Waals surface area contributed by atoms with Crippen molar-refractivity contribution in [3.05, 3.63) is 41.1 Å². The van der Waals surface area contributed by atoms with Crippen LogP contribution in [0.2, 0.25) is 0 Å². The maximum Gasteiger partial charge on any atom is 0.171 e. The lowest BCUT2D eigenvalue weighted by Crippen LogP contribution is -2.38. The zero-order valence-electron chi connectivity index (χ0n) is 18.4. The van der Waals surface area contributed by atoms with E-state index in [1.54, 1.807) is 28.4 Å². The molecule has 0 aromatic heterocycles. The van der Waals surface area contributed by atoms with Gasteiger partial charge in [-0.25, -0.2) is 0 Å². The molecule has 0 amide bonds. The van der Waals surface area contributed by atoms with Gasteiger partial charge in [-0.2, -0.15) is 0 Å². The third-order valence-electron chi connectivity index (χ3n) is 6.99. The highest BCUT2D eigenvalue weighted by molar-refractivity contribution is 6.12. The van der Waals surface area contributed by atoms with E-state index in [1.165, 1.54) is 21.9 Å². The quantitative estimate of drug-likeness (QED) is 0.375. The lowest BCUT2D eigenvalue weighted by molar-refractivity contribution is -0.901. The third kappa shape index (κ3) is 2.72. The first-order valence-corrected chi connectivity index (χ1v) is 10.5. The number of benzene rings is 3. The molecule has 3 aromatic carbocycles. The molecule has 2 aliphatic heterocycles. The summed E-state index contributed by atoms with van der Waals surface area (Å²) < 4.78 is 23.3. The van der Waals surface area contributed by atoms with Crippen molar-refractivity contribution in [1.29, 1.82) is 5.41 Å². The Hall–Kier alpha value is -3.21. The molecule has 1 fully saturated rings. The first-order valence-electron chi connectivity index (χ1n) is 10.5. The summed E-state index contributed by atoms with van der Waals surface area (Å²) in [5, 5.41) is 12.4. The maximum atomic E-state index is 7.88. The van der Waals surface area contributed by atoms with Gasteiger partial charge in [0, 0.05) is 29.8 Å². The highest BCUT2D eigenvalue weighted by Crippen LogP contribution is 2.49. The number of nitrogens with one attached hydrogen (secondary N) is 1. The molecule has 5 rings (SSSR count). The van der Waals surface area contributed by atoms with Gasteiger partial charge in [-0.15, -0.1) is 0 Å². The zero-order chi connectivity index (χ0) is 21.8. The molecule has 1 spiro atoms. The van der Waals surface area contributed by atoms with Gasteiger partial charge in [-0.3, -0.25) is 9.89 Å². The summed E-state index contributed by atoms with van der Waals surface area (Å²) in [5.74, 6) is 5.61. The molecule has 2 heterocycles. The van der Waals surface area contributed by atoms with Gasteiger partial charge < -0.3 is 18.9 Å². The van der Waals surface area contributed by atoms with Crippen molar-refractivity contribution in [2.24, 2.45) is 0 Å². The Kier molecular flexibility index (Phi) is 4.58. The van der Waals surface area contributed by atoms with Gasteiger partial charge >= 0.3 is 0 Å². The van der Waals surface area contributed by atoms with Crippen LogP contribution in [0.4, 0.5) is 0 Å². The minimum Gasteiger partial charge on any atom is -0.493 e. The standard InChI is InChI=1S/C25H27N2O4/c1-28-22-8-16-17-9-23(29-2)25(31-4)11-19(17)21-14-27(7-5-6-15(27)12-26)13-20(21)18(16)10-24(22)30-3/h8-11,26H,5-7,13-14H2,1-4H3/q+1. The highest BCUT2D eigenvalue weighted by Gasteiger charge is 2.45. The first-order chi connectivity index (χ1) is 15.1. The normalized spacial score (nSPS) is 16.6. The van der Waals surface area contributed by atoms with Crippen molar-refractivity contribution in [3.8, 4) is 23.0 Å². The number of allylic oxidation sites excluding steroid dienone is 1. The molecule has 0 atom stereocenters. The third-order valence-corrected chi connectivity index (χ3v) is 6.99. The summed E-state index contributed by atoms with van der Waals surface area (Å²) in [6.07, 6.45) is 2.04. The molecule has 6 heteroatoms. The Balaban J connectivity index is 1.90. The van der Waals surface area contributed by atoms with Crippen molar-refractivity contribution in [3.63, 3.8) is 0 Å². The van der Waals surface area contributed by atoms with E-state index in [4.69, 9.17) is 24.4 Å². The number of methoxy groups -OCH3 is 4. The Morgan fingerprint density at radius 2 is 1.13 bits per heavy atom. The van der Waals surface area contributed by atoms with Crippen LogP contribution in [-0.2, 0) is 13.1 Å². The van der Waals surface area contributed by atoms with E-state index in [2.05, 4.69) is 30.1 Å². The van der Waals surface area contributed by atoms with Gasteiger partial charge in [-0.05, 0) is 45.8 Å². The van der Waals surface area contributed by atoms with Gasteiger partial charge in [0.15, 0.2) is 28.7 Å². The molecule has 1 saturated heterocycles. The van der Waals surface area contributed by atoms with Gasteiger partial charge in [0.1, 0.15) is 13.1 Å². The van der Waals surface area contributed by atoms with Gasteiger partial charge in [-0.1, -0.05) is 0 Å². The molecule has 0 radical (unpaired) electrons. The number of ether oxygens (including phenoxy) is 4. The molecule has 0 bridgehead atoms. The summed E-state index contributed by atoms with van der Waals surface area (Å²) in [5.41, 5.74) is 3.72. The first kappa shape index (κ1) is 19.7. The number of hydrogen-bond acceptors (Lipinski definition) is 5. The highest BCUT2D eigenvalue weighted by atomic mass is 16.5. The van der Waals surface area contributed by atoms with E-state index in [9.17, 15) is 0 Å². The van der Waals surface area contributed by atoms with Crippen molar-refractivity contribution in [1.82, 2.24) is 0 Å². The average Bonchev–Trinajstić information content (AvgIpc) is 3.40. The van der Waals surface area contributed by atoms with Crippen LogP contribution in [0.5, 0.6) is 23.0 Å². The van der Waals surface area contributed by atoms with E-state index in [0.29, 0.717) is 11.5 Å². The van der Waals surface area contributed by atoms with E-state index in [1.807, 2.05) is 0 Å². The number of quaternary nitrogens is 1. The van der Waals surface area contributed by atoms with Gasteiger partial charge in [0.2, 0.25) is 0 Å². The van der Waals surface area contributed by atoms with E-state index >= 15 is 0 Å². The maximum absolute atomic E-state index is 7.88. The molecule has 1 N–H and O–H groups in total. The van der Waals surface area contributed by atoms with Crippen LogP contribution in [0.3, 0.4) is 0 Å². The summed E-state index contributed by atoms with van der Waals surface area (Å²) >= 11 is 0. The predicted octanol–water partition coefficient (Wildman–Crippen LogP) is 4.78. The van der Waals surface area contributed by atoms with Crippen LogP contribution in [-0.4, -0.2) is 45.3 Å². The lowest BCUT2D eigenvalue weighted by atomic mass is 9.92. The zero-order valence-corrected chi connectivity index (χ0v) is 18.4. The van der Waals surface area contributed by atoms with Crippen LogP contribution in [0.15, 0.2) is 30.0 Å². The number of hydrogen-bond donors (Lipinski definition) is 1. The molecule has 31 heavy (non-hydrogen) atoms. The van der Waals surface area contributed by atoms with Crippen LogP contribution < -0.4 is 18.9 Å².